The molecule has 0 spiro atoms. The predicted octanol–water partition coefficient (Wildman–Crippen LogP) is 2.65. The Hall–Kier alpha value is -1.50. The Bertz CT molecular complexity index is 514. The SMILES string of the molecule is CCC(OC)O[SiH](C(O)c1ccccc1)C(O)c1ccccc1. The molecule has 0 fully saturated rings. The molecule has 0 heterocycles. The molecule has 3 atom stereocenters. The monoisotopic (exact) mass is 332 g/mol. The number of aliphatic hydroxyl groups is 2. The molecule has 0 amide bonds. The number of rotatable bonds is 8. The van der Waals surface area contributed by atoms with Gasteiger partial charge in [0.1, 0.15) is 6.29 Å². The Balaban J connectivity index is 2.27. The minimum Gasteiger partial charge on any atom is -0.390 e. The van der Waals surface area contributed by atoms with Crippen LogP contribution in [0.5, 0.6) is 0 Å². The van der Waals surface area contributed by atoms with Gasteiger partial charge in [-0.15, -0.1) is 0 Å². The van der Waals surface area contributed by atoms with Gasteiger partial charge in [0.2, 0.25) is 9.04 Å². The summed E-state index contributed by atoms with van der Waals surface area (Å²) in [5.41, 5.74) is -0.138. The third-order valence-electron chi connectivity index (χ3n) is 3.81. The van der Waals surface area contributed by atoms with Crippen LogP contribution in [-0.2, 0) is 9.16 Å². The van der Waals surface area contributed by atoms with Gasteiger partial charge in [0.15, 0.2) is 0 Å². The second kappa shape index (κ2) is 8.96. The van der Waals surface area contributed by atoms with E-state index in [9.17, 15) is 10.2 Å². The smallest absolute Gasteiger partial charge is 0.245 e. The maximum Gasteiger partial charge on any atom is 0.245 e. The quantitative estimate of drug-likeness (QED) is 0.576. The predicted molar refractivity (Wildman–Crippen MR) is 92.1 cm³/mol. The Morgan fingerprint density at radius 2 is 1.30 bits per heavy atom. The topological polar surface area (TPSA) is 58.9 Å². The second-order valence-electron chi connectivity index (χ2n) is 5.39. The average Bonchev–Trinajstić information content (AvgIpc) is 2.63. The molecule has 3 unspecified atom stereocenters. The third kappa shape index (κ3) is 4.73. The van der Waals surface area contributed by atoms with Crippen LogP contribution in [0, 0.1) is 0 Å². The van der Waals surface area contributed by atoms with Crippen molar-refractivity contribution in [2.45, 2.75) is 31.1 Å². The van der Waals surface area contributed by atoms with E-state index in [0.29, 0.717) is 6.42 Å². The molecule has 0 aliphatic rings. The zero-order valence-electron chi connectivity index (χ0n) is 13.5. The highest BCUT2D eigenvalue weighted by molar-refractivity contribution is 6.54. The summed E-state index contributed by atoms with van der Waals surface area (Å²) in [4.78, 5) is 0. The lowest BCUT2D eigenvalue weighted by molar-refractivity contribution is -0.0685. The van der Waals surface area contributed by atoms with Crippen LogP contribution in [0.1, 0.15) is 35.9 Å². The largest absolute Gasteiger partial charge is 0.390 e. The minimum absolute atomic E-state index is 0.427. The van der Waals surface area contributed by atoms with Crippen LogP contribution in [-0.4, -0.2) is 32.7 Å². The Labute approximate surface area is 139 Å². The van der Waals surface area contributed by atoms with Crippen molar-refractivity contribution in [1.82, 2.24) is 0 Å². The number of methoxy groups -OCH3 is 1. The van der Waals surface area contributed by atoms with Crippen molar-refractivity contribution < 1.29 is 19.4 Å². The maximum absolute atomic E-state index is 10.8. The number of ether oxygens (including phenoxy) is 1. The van der Waals surface area contributed by atoms with Crippen molar-refractivity contribution in [3.63, 3.8) is 0 Å². The molecule has 0 aromatic heterocycles. The van der Waals surface area contributed by atoms with Crippen LogP contribution in [0.4, 0.5) is 0 Å². The van der Waals surface area contributed by atoms with Gasteiger partial charge in [0.05, 0.1) is 11.5 Å². The molecule has 0 saturated heterocycles. The Morgan fingerprint density at radius 3 is 1.65 bits per heavy atom. The highest BCUT2D eigenvalue weighted by Crippen LogP contribution is 2.28. The summed E-state index contributed by atoms with van der Waals surface area (Å²) in [6, 6.07) is 18.6. The van der Waals surface area contributed by atoms with Gasteiger partial charge < -0.3 is 19.4 Å². The highest BCUT2D eigenvalue weighted by Gasteiger charge is 2.34. The molecule has 2 aromatic rings. The van der Waals surface area contributed by atoms with E-state index < -0.39 is 26.8 Å². The first-order valence-electron chi connectivity index (χ1n) is 7.81. The van der Waals surface area contributed by atoms with E-state index in [1.54, 1.807) is 7.11 Å². The fraction of sp³-hybridized carbons (Fsp3) is 0.333. The van der Waals surface area contributed by atoms with Gasteiger partial charge in [0, 0.05) is 7.11 Å². The maximum atomic E-state index is 10.8. The summed E-state index contributed by atoms with van der Waals surface area (Å²) >= 11 is 0. The lowest BCUT2D eigenvalue weighted by Gasteiger charge is -2.30. The van der Waals surface area contributed by atoms with Gasteiger partial charge in [-0.1, -0.05) is 67.6 Å². The van der Waals surface area contributed by atoms with E-state index in [1.165, 1.54) is 0 Å². The van der Waals surface area contributed by atoms with E-state index >= 15 is 0 Å². The molecule has 2 rings (SSSR count). The number of hydrogen-bond donors (Lipinski definition) is 2. The van der Waals surface area contributed by atoms with E-state index in [0.717, 1.165) is 11.1 Å². The van der Waals surface area contributed by atoms with E-state index in [2.05, 4.69) is 0 Å². The van der Waals surface area contributed by atoms with Crippen LogP contribution < -0.4 is 0 Å². The van der Waals surface area contributed by atoms with Gasteiger partial charge >= 0.3 is 0 Å². The summed E-state index contributed by atoms with van der Waals surface area (Å²) in [5, 5.41) is 21.5. The molecule has 4 nitrogen and oxygen atoms in total. The highest BCUT2D eigenvalue weighted by atomic mass is 28.3. The van der Waals surface area contributed by atoms with Crippen molar-refractivity contribution in [2.75, 3.05) is 7.11 Å². The summed E-state index contributed by atoms with van der Waals surface area (Å²) < 4.78 is 11.3. The van der Waals surface area contributed by atoms with Gasteiger partial charge in [0.25, 0.3) is 0 Å². The summed E-state index contributed by atoms with van der Waals surface area (Å²) in [5.74, 6) is 0. The first kappa shape index (κ1) is 17.8. The zero-order chi connectivity index (χ0) is 16.7. The molecular formula is C18H24O4Si. The molecule has 23 heavy (non-hydrogen) atoms. The van der Waals surface area contributed by atoms with Gasteiger partial charge in [-0.2, -0.15) is 0 Å². The standard InChI is InChI=1S/C18H24O4Si/c1-3-16(21-2)22-23(17(19)14-10-6-4-7-11-14)18(20)15-12-8-5-9-13-15/h4-13,16-20,23H,3H2,1-2H3. The van der Waals surface area contributed by atoms with Crippen molar-refractivity contribution >= 4 is 9.04 Å². The molecule has 0 aliphatic heterocycles. The first-order chi connectivity index (χ1) is 11.2. The fourth-order valence-electron chi connectivity index (χ4n) is 2.50. The summed E-state index contributed by atoms with van der Waals surface area (Å²) in [6.45, 7) is 1.95. The van der Waals surface area contributed by atoms with Crippen molar-refractivity contribution in [2.24, 2.45) is 0 Å². The number of aliphatic hydroxyl groups excluding tert-OH is 2. The molecule has 0 saturated carbocycles. The fourth-order valence-corrected chi connectivity index (χ4v) is 5.00. The summed E-state index contributed by atoms with van der Waals surface area (Å²) in [6.07, 6.45) is 0.228. The first-order valence-corrected chi connectivity index (χ1v) is 9.62. The zero-order valence-corrected chi connectivity index (χ0v) is 14.7. The molecule has 124 valence electrons. The summed E-state index contributed by atoms with van der Waals surface area (Å²) in [7, 11) is -0.910. The van der Waals surface area contributed by atoms with Crippen molar-refractivity contribution in [3.05, 3.63) is 71.8 Å². The average molecular weight is 332 g/mol. The Morgan fingerprint density at radius 1 is 0.870 bits per heavy atom. The number of hydrogen-bond acceptors (Lipinski definition) is 4. The van der Waals surface area contributed by atoms with E-state index in [1.807, 2.05) is 67.6 Å². The van der Waals surface area contributed by atoms with Crippen LogP contribution in [0.3, 0.4) is 0 Å². The second-order valence-corrected chi connectivity index (χ2v) is 7.85. The van der Waals surface area contributed by atoms with E-state index in [-0.39, 0.29) is 0 Å². The lowest BCUT2D eigenvalue weighted by Crippen LogP contribution is -2.39. The van der Waals surface area contributed by atoms with Crippen molar-refractivity contribution in [1.29, 1.82) is 0 Å². The molecular weight excluding hydrogens is 308 g/mol. The molecule has 2 N–H and O–H groups in total. The molecule has 0 radical (unpaired) electrons. The number of benzene rings is 2. The Kier molecular flexibility index (Phi) is 6.95. The third-order valence-corrected chi connectivity index (χ3v) is 6.44. The van der Waals surface area contributed by atoms with Gasteiger partial charge in [-0.05, 0) is 17.5 Å². The van der Waals surface area contributed by atoms with Gasteiger partial charge in [-0.25, -0.2) is 0 Å². The molecule has 0 bridgehead atoms. The van der Waals surface area contributed by atoms with Crippen molar-refractivity contribution in [3.8, 4) is 0 Å². The lowest BCUT2D eigenvalue weighted by atomic mass is 10.2. The van der Waals surface area contributed by atoms with Crippen LogP contribution in [0.2, 0.25) is 0 Å². The molecule has 2 aromatic carbocycles. The molecule has 5 heteroatoms. The molecule has 0 aliphatic carbocycles. The minimum atomic E-state index is -2.48. The normalized spacial score (nSPS) is 16.5. The van der Waals surface area contributed by atoms with Crippen LogP contribution >= 0.6 is 0 Å². The van der Waals surface area contributed by atoms with Crippen LogP contribution in [0.25, 0.3) is 0 Å². The van der Waals surface area contributed by atoms with E-state index in [4.69, 9.17) is 9.16 Å². The van der Waals surface area contributed by atoms with Crippen LogP contribution in [0.15, 0.2) is 60.7 Å². The van der Waals surface area contributed by atoms with Gasteiger partial charge in [-0.3, -0.25) is 0 Å².